The van der Waals surface area contributed by atoms with Crippen LogP contribution in [0.25, 0.3) is 10.9 Å². The van der Waals surface area contributed by atoms with Crippen molar-refractivity contribution in [2.75, 3.05) is 10.7 Å². The normalized spacial score (nSPS) is 11.6. The molecule has 7 nitrogen and oxygen atoms in total. The van der Waals surface area contributed by atoms with Gasteiger partial charge < -0.3 is 10.6 Å². The molecule has 0 aliphatic rings. The van der Waals surface area contributed by atoms with Crippen LogP contribution in [0.4, 0.5) is 5.69 Å². The van der Waals surface area contributed by atoms with E-state index >= 15 is 0 Å². The van der Waals surface area contributed by atoms with E-state index in [1.54, 1.807) is 37.3 Å². The van der Waals surface area contributed by atoms with Crippen LogP contribution in [0.3, 0.4) is 0 Å². The second kappa shape index (κ2) is 9.70. The highest BCUT2D eigenvalue weighted by molar-refractivity contribution is 9.10. The second-order valence-electron chi connectivity index (χ2n) is 7.44. The molecule has 0 fully saturated rings. The molecule has 0 spiro atoms. The minimum Gasteiger partial charge on any atom is -0.341 e. The summed E-state index contributed by atoms with van der Waals surface area (Å²) in [4.78, 5) is 38.3. The van der Waals surface area contributed by atoms with Crippen molar-refractivity contribution < 1.29 is 14.4 Å². The first kappa shape index (κ1) is 22.3. The number of hydrogen-bond acceptors (Lipinski definition) is 3. The first-order valence-corrected chi connectivity index (χ1v) is 11.1. The third kappa shape index (κ3) is 5.12. The van der Waals surface area contributed by atoms with Crippen molar-refractivity contribution in [3.63, 3.8) is 0 Å². The molecule has 4 aromatic rings. The Kier molecular flexibility index (Phi) is 6.55. The molecule has 0 aliphatic heterocycles. The summed E-state index contributed by atoms with van der Waals surface area (Å²) in [5.74, 6) is -2.11. The summed E-state index contributed by atoms with van der Waals surface area (Å²) in [6.45, 7) is 1.79. The van der Waals surface area contributed by atoms with Crippen molar-refractivity contribution in [2.24, 2.45) is 0 Å². The zero-order valence-corrected chi connectivity index (χ0v) is 19.3. The van der Waals surface area contributed by atoms with E-state index in [0.717, 1.165) is 15.4 Å². The molecule has 0 saturated heterocycles. The van der Waals surface area contributed by atoms with Crippen molar-refractivity contribution >= 4 is 50.2 Å². The lowest BCUT2D eigenvalue weighted by molar-refractivity contribution is -0.137. The molecule has 3 amide bonds. The first-order chi connectivity index (χ1) is 15.9. The molecule has 0 unspecified atom stereocenters. The Hall–Kier alpha value is -3.91. The summed E-state index contributed by atoms with van der Waals surface area (Å²) < 4.78 is 2.15. The zero-order valence-electron chi connectivity index (χ0n) is 17.7. The van der Waals surface area contributed by atoms with Crippen molar-refractivity contribution in [3.05, 3.63) is 101 Å². The summed E-state index contributed by atoms with van der Waals surface area (Å²) in [5, 5.41) is 6.21. The van der Waals surface area contributed by atoms with E-state index in [9.17, 15) is 14.4 Å². The lowest BCUT2D eigenvalue weighted by Crippen LogP contribution is -2.40. The summed E-state index contributed by atoms with van der Waals surface area (Å²) >= 11 is 3.42. The highest BCUT2D eigenvalue weighted by Crippen LogP contribution is 2.24. The van der Waals surface area contributed by atoms with Gasteiger partial charge in [0, 0.05) is 15.5 Å². The summed E-state index contributed by atoms with van der Waals surface area (Å²) in [6, 6.07) is 25.0. The van der Waals surface area contributed by atoms with E-state index in [1.165, 1.54) is 4.68 Å². The third-order valence-corrected chi connectivity index (χ3v) is 5.59. The Morgan fingerprint density at radius 3 is 2.21 bits per heavy atom. The van der Waals surface area contributed by atoms with Crippen molar-refractivity contribution in [1.82, 2.24) is 9.99 Å². The van der Waals surface area contributed by atoms with Crippen LogP contribution in [-0.2, 0) is 9.59 Å². The Bertz CT molecular complexity index is 1320. The minimum atomic E-state index is -0.882. The van der Waals surface area contributed by atoms with Crippen LogP contribution in [-0.4, -0.2) is 22.4 Å². The lowest BCUT2D eigenvalue weighted by atomic mass is 10.1. The maximum atomic E-state index is 13.0. The van der Waals surface area contributed by atoms with Gasteiger partial charge in [0.15, 0.2) is 0 Å². The van der Waals surface area contributed by atoms with Gasteiger partial charge in [-0.3, -0.25) is 19.8 Å². The van der Waals surface area contributed by atoms with Gasteiger partial charge >= 0.3 is 11.8 Å². The van der Waals surface area contributed by atoms with Gasteiger partial charge in [0.05, 0.1) is 11.6 Å². The number of hydrogen-bond donors (Lipinski definition) is 3. The van der Waals surface area contributed by atoms with E-state index in [4.69, 9.17) is 0 Å². The topological polar surface area (TPSA) is 92.2 Å². The van der Waals surface area contributed by atoms with Crippen LogP contribution in [0.15, 0.2) is 89.4 Å². The number of carbonyl (C=O) groups excluding carboxylic acids is 3. The van der Waals surface area contributed by atoms with E-state index in [-0.39, 0.29) is 11.7 Å². The second-order valence-corrected chi connectivity index (χ2v) is 8.35. The van der Waals surface area contributed by atoms with Gasteiger partial charge in [0.25, 0.3) is 5.91 Å². The molecule has 0 aliphatic carbocycles. The molecule has 3 N–H and O–H groups in total. The Labute approximate surface area is 198 Å². The van der Waals surface area contributed by atoms with E-state index < -0.39 is 17.7 Å². The van der Waals surface area contributed by atoms with E-state index in [0.29, 0.717) is 11.2 Å². The monoisotopic (exact) mass is 504 g/mol. The molecular formula is C25H21BrN4O3. The fourth-order valence-electron chi connectivity index (χ4n) is 3.43. The molecule has 4 rings (SSSR count). The number of nitrogens with one attached hydrogen (secondary N) is 3. The number of amides is 3. The number of benzene rings is 3. The Balaban J connectivity index is 1.59. The van der Waals surface area contributed by atoms with Gasteiger partial charge in [-0.05, 0) is 48.9 Å². The number of halogens is 1. The van der Waals surface area contributed by atoms with Gasteiger partial charge in [0.2, 0.25) is 0 Å². The fraction of sp³-hybridized carbons (Fsp3) is 0.0800. The molecule has 1 aromatic heterocycles. The number of nitrogens with zero attached hydrogens (tertiary/aromatic N) is 1. The number of para-hydroxylation sites is 1. The Morgan fingerprint density at radius 1 is 0.848 bits per heavy atom. The quantitative estimate of drug-likeness (QED) is 0.346. The summed E-state index contributed by atoms with van der Waals surface area (Å²) in [7, 11) is 0. The molecule has 3 aromatic carbocycles. The smallest absolute Gasteiger partial charge is 0.328 e. The molecule has 0 radical (unpaired) electrons. The minimum absolute atomic E-state index is 0.184. The maximum absolute atomic E-state index is 13.0. The standard InChI is InChI=1S/C25H21BrN4O3/c1-16(17-8-4-2-5-9-17)27-24(32)25(33)29-30-21-13-12-19(26)14-18(21)15-22(30)23(31)28-20-10-6-3-7-11-20/h2-16H,1H3,(H,27,32)(H,28,31)(H,29,33)/t16-/m0/s1. The molecule has 166 valence electrons. The molecule has 33 heavy (non-hydrogen) atoms. The summed E-state index contributed by atoms with van der Waals surface area (Å²) in [6.07, 6.45) is 0. The molecule has 0 bridgehead atoms. The van der Waals surface area contributed by atoms with Gasteiger partial charge in [-0.2, -0.15) is 0 Å². The average Bonchev–Trinajstić information content (AvgIpc) is 3.17. The van der Waals surface area contributed by atoms with Gasteiger partial charge in [-0.1, -0.05) is 64.5 Å². The van der Waals surface area contributed by atoms with Gasteiger partial charge in [-0.25, -0.2) is 4.68 Å². The van der Waals surface area contributed by atoms with Crippen molar-refractivity contribution in [1.29, 1.82) is 0 Å². The van der Waals surface area contributed by atoms with Crippen LogP contribution >= 0.6 is 15.9 Å². The predicted molar refractivity (Wildman–Crippen MR) is 131 cm³/mol. The van der Waals surface area contributed by atoms with Crippen LogP contribution in [0, 0.1) is 0 Å². The summed E-state index contributed by atoms with van der Waals surface area (Å²) in [5.41, 5.74) is 4.81. The van der Waals surface area contributed by atoms with Crippen LogP contribution in [0.2, 0.25) is 0 Å². The first-order valence-electron chi connectivity index (χ1n) is 10.3. The fourth-order valence-corrected chi connectivity index (χ4v) is 3.81. The van der Waals surface area contributed by atoms with E-state index in [2.05, 4.69) is 32.0 Å². The number of aromatic nitrogens is 1. The van der Waals surface area contributed by atoms with Crippen molar-refractivity contribution in [2.45, 2.75) is 13.0 Å². The van der Waals surface area contributed by atoms with Crippen LogP contribution in [0.5, 0.6) is 0 Å². The zero-order chi connectivity index (χ0) is 23.4. The highest BCUT2D eigenvalue weighted by Gasteiger charge is 2.22. The number of fused-ring (bicyclic) bond motifs is 1. The number of carbonyl (C=O) groups is 3. The third-order valence-electron chi connectivity index (χ3n) is 5.09. The lowest BCUT2D eigenvalue weighted by Gasteiger charge is -2.16. The number of rotatable bonds is 5. The van der Waals surface area contributed by atoms with Crippen molar-refractivity contribution in [3.8, 4) is 0 Å². The molecular weight excluding hydrogens is 484 g/mol. The van der Waals surface area contributed by atoms with Crippen LogP contribution < -0.4 is 16.1 Å². The maximum Gasteiger partial charge on any atom is 0.328 e. The van der Waals surface area contributed by atoms with E-state index in [1.807, 2.05) is 54.6 Å². The van der Waals surface area contributed by atoms with Gasteiger partial charge in [0.1, 0.15) is 5.69 Å². The highest BCUT2D eigenvalue weighted by atomic mass is 79.9. The SMILES string of the molecule is C[C@H](NC(=O)C(=O)Nn1c(C(=O)Nc2ccccc2)cc2cc(Br)ccc21)c1ccccc1. The average molecular weight is 505 g/mol. The van der Waals surface area contributed by atoms with Crippen LogP contribution in [0.1, 0.15) is 29.0 Å². The molecule has 1 atom stereocenters. The Morgan fingerprint density at radius 2 is 1.52 bits per heavy atom. The number of anilines is 1. The molecule has 8 heteroatoms. The largest absolute Gasteiger partial charge is 0.341 e. The molecule has 1 heterocycles. The molecule has 0 saturated carbocycles. The van der Waals surface area contributed by atoms with Gasteiger partial charge in [-0.15, -0.1) is 0 Å². The predicted octanol–water partition coefficient (Wildman–Crippen LogP) is 4.60.